The van der Waals surface area contributed by atoms with Crippen molar-refractivity contribution in [3.05, 3.63) is 92.9 Å². The number of rotatable bonds is 16. The molecule has 4 N–H and O–H groups in total. The summed E-state index contributed by atoms with van der Waals surface area (Å²) >= 11 is 1.36. The first kappa shape index (κ1) is 43.7. The van der Waals surface area contributed by atoms with Gasteiger partial charge in [0.25, 0.3) is 31.1 Å². The van der Waals surface area contributed by atoms with Crippen LogP contribution in [-0.4, -0.2) is 42.5 Å². The molecule has 0 saturated carbocycles. The van der Waals surface area contributed by atoms with Gasteiger partial charge >= 0.3 is 0 Å². The molecule has 0 bridgehead atoms. The van der Waals surface area contributed by atoms with E-state index >= 15 is 0 Å². The normalized spacial score (nSPS) is 13.0. The lowest BCUT2D eigenvalue weighted by Crippen LogP contribution is -2.07. The van der Waals surface area contributed by atoms with Crippen molar-refractivity contribution in [3.8, 4) is 0 Å². The quantitative estimate of drug-likeness (QED) is 0.0311. The van der Waals surface area contributed by atoms with E-state index in [0.29, 0.717) is 5.69 Å². The van der Waals surface area contributed by atoms with Gasteiger partial charge in [-0.3, -0.25) is 17.5 Å². The Labute approximate surface area is 317 Å². The van der Waals surface area contributed by atoms with Crippen LogP contribution in [0.5, 0.6) is 0 Å². The molecule has 4 aromatic carbocycles. The highest BCUT2D eigenvalue weighted by atomic mass is 32.3. The van der Waals surface area contributed by atoms with E-state index in [9.17, 15) is 44.9 Å². The Hall–Kier alpha value is -4.69. The molecule has 0 aromatic heterocycles. The first-order valence-corrected chi connectivity index (χ1v) is 21.6. The number of nitroso groups, excluding NO2 is 3. The largest absolute Gasteiger partial charge is 0.396 e. The molecule has 54 heavy (non-hydrogen) atoms. The molecular formula is C30H32N8O11S5. The van der Waals surface area contributed by atoms with Gasteiger partial charge in [-0.1, -0.05) is 38.6 Å². The van der Waals surface area contributed by atoms with Gasteiger partial charge < -0.3 is 5.73 Å². The van der Waals surface area contributed by atoms with Crippen LogP contribution in [-0.2, 0) is 35.2 Å². The Morgan fingerprint density at radius 2 is 1.28 bits per heavy atom. The monoisotopic (exact) mass is 840 g/mol. The van der Waals surface area contributed by atoms with Crippen LogP contribution in [0.25, 0.3) is 10.8 Å². The first-order valence-electron chi connectivity index (χ1n) is 15.0. The summed E-state index contributed by atoms with van der Waals surface area (Å²) in [4.78, 5) is 31.5. The van der Waals surface area contributed by atoms with Crippen LogP contribution in [0.1, 0.15) is 25.8 Å². The Morgan fingerprint density at radius 1 is 0.815 bits per heavy atom. The average Bonchev–Trinajstić information content (AvgIpc) is 3.13. The number of nitrogens with two attached hydrogens (primary N) is 1. The van der Waals surface area contributed by atoms with Gasteiger partial charge in [0.2, 0.25) is 0 Å². The van der Waals surface area contributed by atoms with Crippen LogP contribution in [0, 0.1) is 21.6 Å². The van der Waals surface area contributed by atoms with E-state index in [2.05, 4.69) is 54.6 Å². The molecule has 288 valence electrons. The molecule has 19 nitrogen and oxygen atoms in total. The van der Waals surface area contributed by atoms with Crippen molar-refractivity contribution in [3.63, 3.8) is 0 Å². The van der Waals surface area contributed by atoms with Crippen molar-refractivity contribution in [2.45, 2.75) is 46.8 Å². The summed E-state index contributed by atoms with van der Waals surface area (Å²) in [5.74, 6) is -0.275. The van der Waals surface area contributed by atoms with E-state index in [1.165, 1.54) is 49.4 Å². The summed E-state index contributed by atoms with van der Waals surface area (Å²) in [6.45, 7) is 8.79. The van der Waals surface area contributed by atoms with Crippen molar-refractivity contribution in [1.82, 2.24) is 0 Å². The minimum Gasteiger partial charge on any atom is -0.396 e. The fraction of sp³-hybridized carbons (Fsp3) is 0.200. The maximum absolute atomic E-state index is 12.6. The third-order valence-electron chi connectivity index (χ3n) is 6.63. The summed E-state index contributed by atoms with van der Waals surface area (Å²) in [5.41, 5.74) is 5.70. The van der Waals surface area contributed by atoms with E-state index in [1.807, 2.05) is 0 Å². The second kappa shape index (κ2) is 19.1. The maximum atomic E-state index is 12.6. The number of thioether (sulfide) groups is 1. The lowest BCUT2D eigenvalue weighted by atomic mass is 10.0. The van der Waals surface area contributed by atoms with Crippen LogP contribution in [0.3, 0.4) is 0 Å². The van der Waals surface area contributed by atoms with Gasteiger partial charge in [-0.15, -0.1) is 24.9 Å². The van der Waals surface area contributed by atoms with E-state index < -0.39 is 64.0 Å². The number of nitrogens with zero attached hydrogens (tertiary/aromatic N) is 7. The fourth-order valence-corrected chi connectivity index (χ4v) is 7.77. The zero-order valence-electron chi connectivity index (χ0n) is 28.5. The predicted molar refractivity (Wildman–Crippen MR) is 208 cm³/mol. The summed E-state index contributed by atoms with van der Waals surface area (Å²) < 4.78 is 93.6. The van der Waals surface area contributed by atoms with Crippen LogP contribution in [0.4, 0.5) is 28.4 Å². The van der Waals surface area contributed by atoms with Crippen LogP contribution in [0.2, 0.25) is 0 Å². The lowest BCUT2D eigenvalue weighted by molar-refractivity contribution is 0.384. The molecule has 0 fully saturated rings. The minimum atomic E-state index is -5.05. The molecule has 4 rings (SSSR count). The van der Waals surface area contributed by atoms with Crippen molar-refractivity contribution >= 4 is 92.9 Å². The molecule has 0 saturated heterocycles. The third-order valence-corrected chi connectivity index (χ3v) is 11.5. The van der Waals surface area contributed by atoms with E-state index in [1.54, 1.807) is 29.7 Å². The summed E-state index contributed by atoms with van der Waals surface area (Å²) in [6.07, 6.45) is 1.25. The molecular weight excluding hydrogens is 809 g/mol. The summed E-state index contributed by atoms with van der Waals surface area (Å²) in [5, 5.41) is 17.7. The van der Waals surface area contributed by atoms with Crippen LogP contribution >= 0.6 is 22.6 Å². The van der Waals surface area contributed by atoms with Gasteiger partial charge in [-0.25, -0.2) is 0 Å². The predicted octanol–water partition coefficient (Wildman–Crippen LogP) is 9.59. The topological polar surface area (TPSA) is 299 Å². The van der Waals surface area contributed by atoms with Crippen molar-refractivity contribution < 1.29 is 34.3 Å². The number of hydrogen-bond donors (Lipinski definition) is 3. The van der Waals surface area contributed by atoms with Crippen LogP contribution < -0.4 is 5.73 Å². The highest BCUT2D eigenvalue weighted by Gasteiger charge is 2.30. The number of aryl methyl sites for hydroxylation is 1. The van der Waals surface area contributed by atoms with Crippen LogP contribution in [0.15, 0.2) is 126 Å². The summed E-state index contributed by atoms with van der Waals surface area (Å²) in [7, 11) is -15.7. The van der Waals surface area contributed by atoms with E-state index in [-0.39, 0.29) is 44.0 Å². The van der Waals surface area contributed by atoms with E-state index in [4.69, 9.17) is 9.92 Å². The minimum absolute atomic E-state index is 0.0602. The molecule has 0 aliphatic rings. The Morgan fingerprint density at radius 3 is 1.74 bits per heavy atom. The number of hydrogen-bond acceptors (Lipinski definition) is 18. The van der Waals surface area contributed by atoms with Gasteiger partial charge in [0.05, 0.1) is 54.0 Å². The Balaban J connectivity index is 0.00000253. The highest BCUT2D eigenvalue weighted by molar-refractivity contribution is 8.26. The zero-order valence-corrected chi connectivity index (χ0v) is 32.6. The molecule has 0 spiro atoms. The molecule has 0 heterocycles. The molecule has 0 radical (unpaired) electrons. The third kappa shape index (κ3) is 10.9. The smallest absolute Gasteiger partial charge is 0.296 e. The van der Waals surface area contributed by atoms with Gasteiger partial charge in [-0.2, -0.15) is 27.1 Å². The number of nitrogen functional groups attached to an aromatic ring is 1. The van der Waals surface area contributed by atoms with E-state index in [0.717, 1.165) is 17.0 Å². The second-order valence-corrected chi connectivity index (χ2v) is 17.5. The standard InChI is InChI=1S/C27H24N8O11S5.C3H8/c1-3-47-20-8-4-18(5-9-20)29-31-26-16(2)24-17(14-22(26)49(40,41)42)15-23(50(43,44)45)27(25(24)28)32-30-19-6-10-21(11-7-19)48(39)13-12-46-51(33-36,34-37)35-38;1-3-2/h3-11,14-15H,1,12-13,28H2,2H3,(H,40,41,42)(H,43,44,45);3H2,1-2H3. The Bertz CT molecular complexity index is 2340. The number of benzene rings is 4. The number of fused-ring (bicyclic) bond motifs is 1. The van der Waals surface area contributed by atoms with Crippen molar-refractivity contribution in [1.29, 1.82) is 0 Å². The molecule has 0 amide bonds. The molecule has 24 heteroatoms. The average molecular weight is 841 g/mol. The zero-order chi connectivity index (χ0) is 40.3. The molecule has 1 atom stereocenters. The Kier molecular flexibility index (Phi) is 15.4. The fourth-order valence-electron chi connectivity index (χ4n) is 4.37. The van der Waals surface area contributed by atoms with Crippen molar-refractivity contribution in [2.24, 2.45) is 34.2 Å². The first-order chi connectivity index (χ1) is 25.5. The van der Waals surface area contributed by atoms with Gasteiger partial charge in [0, 0.05) is 15.2 Å². The molecule has 1 unspecified atom stereocenters. The highest BCUT2D eigenvalue weighted by Crippen LogP contribution is 2.53. The molecule has 4 aromatic rings. The summed E-state index contributed by atoms with van der Waals surface area (Å²) in [6, 6.07) is 13.9. The van der Waals surface area contributed by atoms with Crippen molar-refractivity contribution in [2.75, 3.05) is 18.1 Å². The van der Waals surface area contributed by atoms with Gasteiger partial charge in [0.15, 0.2) is 0 Å². The maximum Gasteiger partial charge on any atom is 0.296 e. The molecule has 0 aliphatic carbocycles. The number of azo groups is 2. The van der Waals surface area contributed by atoms with Gasteiger partial charge in [0.1, 0.15) is 21.2 Å². The second-order valence-electron chi connectivity index (χ2n) is 10.5. The SMILES string of the molecule is C=CSc1ccc(N=Nc2c(S(=O)(=O)O)cc3cc(S(=O)(=O)O)c(N=Nc4ccc(S(=O)CCOS(N=O)(N=O)N=O)cc4)c(N)c3c2C)cc1.CCC. The number of anilines is 1. The van der Waals surface area contributed by atoms with Gasteiger partial charge in [-0.05, 0) is 83.9 Å². The lowest BCUT2D eigenvalue weighted by Gasteiger charge is -2.15. The molecule has 0 aliphatic heterocycles.